The predicted molar refractivity (Wildman–Crippen MR) is 114 cm³/mol. The Kier molecular flexibility index (Phi) is 6.75. The third-order valence-corrected chi connectivity index (χ3v) is 4.31. The van der Waals surface area contributed by atoms with E-state index in [0.29, 0.717) is 17.4 Å². The second-order valence-electron chi connectivity index (χ2n) is 6.63. The van der Waals surface area contributed by atoms with Crippen molar-refractivity contribution in [2.24, 2.45) is 0 Å². The number of anilines is 5. The van der Waals surface area contributed by atoms with Gasteiger partial charge in [-0.3, -0.25) is 4.79 Å². The van der Waals surface area contributed by atoms with E-state index in [1.54, 1.807) is 6.92 Å². The number of aryl methyl sites for hydroxylation is 1. The molecule has 0 bridgehead atoms. The van der Waals surface area contributed by atoms with E-state index in [0.717, 1.165) is 18.2 Å². The quantitative estimate of drug-likeness (QED) is 0.337. The van der Waals surface area contributed by atoms with Crippen LogP contribution in [0.25, 0.3) is 0 Å². The van der Waals surface area contributed by atoms with Crippen LogP contribution in [-0.2, 0) is 11.0 Å². The number of nitrogens with one attached hydrogen (secondary N) is 3. The molecule has 3 N–H and O–H groups in total. The lowest BCUT2D eigenvalue weighted by atomic mass is 10.2. The molecule has 172 valence electrons. The summed E-state index contributed by atoms with van der Waals surface area (Å²) in [6.07, 6.45) is -1.73. The molecule has 0 aliphatic rings. The van der Waals surface area contributed by atoms with Gasteiger partial charge >= 0.3 is 6.18 Å². The molecule has 3 rings (SSSR count). The lowest BCUT2D eigenvalue weighted by molar-refractivity contribution is -0.137. The van der Waals surface area contributed by atoms with Crippen molar-refractivity contribution in [3.8, 4) is 5.88 Å². The number of alkyl halides is 3. The molecule has 3 aromatic rings. The SMILES string of the molecule is C=CC(=O)Nc1cc(F)ccc1Nc1nc(Nc2cc(OC)ncc2C)ncc1C(F)(F)F. The lowest BCUT2D eigenvalue weighted by Gasteiger charge is -2.17. The second-order valence-corrected chi connectivity index (χ2v) is 6.63. The fraction of sp³-hybridized carbons (Fsp3) is 0.143. The van der Waals surface area contributed by atoms with Crippen molar-refractivity contribution < 1.29 is 27.1 Å². The number of benzene rings is 1. The monoisotopic (exact) mass is 462 g/mol. The predicted octanol–water partition coefficient (Wildman–Crippen LogP) is 4.96. The van der Waals surface area contributed by atoms with E-state index in [-0.39, 0.29) is 23.2 Å². The molecule has 1 aromatic carbocycles. The number of carbonyl (C=O) groups excluding carboxylic acids is 1. The number of carbonyl (C=O) groups is 1. The average molecular weight is 462 g/mol. The molecule has 0 aliphatic carbocycles. The summed E-state index contributed by atoms with van der Waals surface area (Å²) in [4.78, 5) is 23.4. The van der Waals surface area contributed by atoms with Crippen molar-refractivity contribution in [1.29, 1.82) is 0 Å². The number of pyridine rings is 1. The van der Waals surface area contributed by atoms with Gasteiger partial charge in [0.1, 0.15) is 17.2 Å². The summed E-state index contributed by atoms with van der Waals surface area (Å²) in [5.74, 6) is -1.86. The minimum atomic E-state index is -4.79. The molecule has 0 aliphatic heterocycles. The average Bonchev–Trinajstić information content (AvgIpc) is 2.76. The van der Waals surface area contributed by atoms with Gasteiger partial charge in [-0.15, -0.1) is 0 Å². The molecule has 8 nitrogen and oxygen atoms in total. The number of hydrogen-bond donors (Lipinski definition) is 3. The first-order valence-electron chi connectivity index (χ1n) is 9.32. The first-order chi connectivity index (χ1) is 15.6. The standard InChI is InChI=1S/C21H18F4N6O2/c1-4-17(32)28-16-7-12(22)5-6-14(16)29-19-13(21(23,24)25)10-27-20(31-19)30-15-8-18(33-3)26-9-11(15)2/h4-10H,1H2,2-3H3,(H,28,32)(H2,26,27,29,30,31). The summed E-state index contributed by atoms with van der Waals surface area (Å²) in [5, 5.41) is 7.66. The van der Waals surface area contributed by atoms with Gasteiger partial charge in [-0.25, -0.2) is 14.4 Å². The van der Waals surface area contributed by atoms with Gasteiger partial charge in [0.05, 0.1) is 24.2 Å². The Morgan fingerprint density at radius 2 is 1.85 bits per heavy atom. The smallest absolute Gasteiger partial charge is 0.421 e. The molecule has 0 unspecified atom stereocenters. The van der Waals surface area contributed by atoms with Gasteiger partial charge in [-0.1, -0.05) is 6.58 Å². The van der Waals surface area contributed by atoms with Gasteiger partial charge in [-0.05, 0) is 36.8 Å². The first kappa shape index (κ1) is 23.4. The van der Waals surface area contributed by atoms with Crippen molar-refractivity contribution in [2.45, 2.75) is 13.1 Å². The third-order valence-electron chi connectivity index (χ3n) is 4.31. The third kappa shape index (κ3) is 5.73. The van der Waals surface area contributed by atoms with Crippen molar-refractivity contribution in [2.75, 3.05) is 23.1 Å². The maximum atomic E-state index is 13.7. The summed E-state index contributed by atoms with van der Waals surface area (Å²) >= 11 is 0. The molecule has 2 aromatic heterocycles. The van der Waals surface area contributed by atoms with Crippen LogP contribution in [0.4, 0.5) is 46.4 Å². The molecule has 0 atom stereocenters. The van der Waals surface area contributed by atoms with E-state index >= 15 is 0 Å². The Balaban J connectivity index is 2.02. The molecule has 1 amide bonds. The van der Waals surface area contributed by atoms with E-state index in [1.807, 2.05) is 0 Å². The van der Waals surface area contributed by atoms with E-state index in [4.69, 9.17) is 4.74 Å². The summed E-state index contributed by atoms with van der Waals surface area (Å²) in [7, 11) is 1.42. The molecule has 0 saturated heterocycles. The molecule has 33 heavy (non-hydrogen) atoms. The highest BCUT2D eigenvalue weighted by Crippen LogP contribution is 2.37. The van der Waals surface area contributed by atoms with Gasteiger partial charge in [0, 0.05) is 18.5 Å². The summed E-state index contributed by atoms with van der Waals surface area (Å²) < 4.78 is 59.5. The minimum Gasteiger partial charge on any atom is -0.481 e. The number of hydrogen-bond acceptors (Lipinski definition) is 7. The van der Waals surface area contributed by atoms with Crippen LogP contribution in [-0.4, -0.2) is 28.0 Å². The molecule has 12 heteroatoms. The lowest BCUT2D eigenvalue weighted by Crippen LogP contribution is -2.14. The van der Waals surface area contributed by atoms with E-state index in [9.17, 15) is 22.4 Å². The number of aromatic nitrogens is 3. The fourth-order valence-corrected chi connectivity index (χ4v) is 2.66. The van der Waals surface area contributed by atoms with Gasteiger partial charge in [0.25, 0.3) is 0 Å². The van der Waals surface area contributed by atoms with E-state index < -0.39 is 29.3 Å². The van der Waals surface area contributed by atoms with Crippen molar-refractivity contribution in [1.82, 2.24) is 15.0 Å². The summed E-state index contributed by atoms with van der Waals surface area (Å²) in [5.41, 5.74) is -0.156. The van der Waals surface area contributed by atoms with E-state index in [1.165, 1.54) is 25.4 Å². The molecule has 0 radical (unpaired) electrons. The van der Waals surface area contributed by atoms with Gasteiger partial charge < -0.3 is 20.7 Å². The second kappa shape index (κ2) is 9.51. The number of amides is 1. The van der Waals surface area contributed by atoms with Gasteiger partial charge in [0.15, 0.2) is 0 Å². The van der Waals surface area contributed by atoms with Crippen molar-refractivity contribution in [3.63, 3.8) is 0 Å². The molecule has 2 heterocycles. The summed E-state index contributed by atoms with van der Waals surface area (Å²) in [6.45, 7) is 5.02. The topological polar surface area (TPSA) is 101 Å². The van der Waals surface area contributed by atoms with Crippen LogP contribution in [0, 0.1) is 12.7 Å². The number of ether oxygens (including phenoxy) is 1. The maximum absolute atomic E-state index is 13.7. The Morgan fingerprint density at radius 1 is 1.09 bits per heavy atom. The van der Waals surface area contributed by atoms with Crippen LogP contribution in [0.2, 0.25) is 0 Å². The molecular formula is C21H18F4N6O2. The summed E-state index contributed by atoms with van der Waals surface area (Å²) in [6, 6.07) is 4.67. The van der Waals surface area contributed by atoms with Crippen LogP contribution in [0.1, 0.15) is 11.1 Å². The highest BCUT2D eigenvalue weighted by molar-refractivity contribution is 6.01. The van der Waals surface area contributed by atoms with Crippen molar-refractivity contribution >= 4 is 34.7 Å². The van der Waals surface area contributed by atoms with Gasteiger partial charge in [0.2, 0.25) is 17.7 Å². The first-order valence-corrected chi connectivity index (χ1v) is 9.32. The zero-order valence-corrected chi connectivity index (χ0v) is 17.4. The molecule has 0 saturated carbocycles. The van der Waals surface area contributed by atoms with Crippen LogP contribution in [0.5, 0.6) is 5.88 Å². The number of nitrogens with zero attached hydrogens (tertiary/aromatic N) is 3. The number of methoxy groups -OCH3 is 1. The van der Waals surface area contributed by atoms with E-state index in [2.05, 4.69) is 37.5 Å². The van der Waals surface area contributed by atoms with Crippen LogP contribution in [0.3, 0.4) is 0 Å². The van der Waals surface area contributed by atoms with Crippen LogP contribution in [0.15, 0.2) is 49.3 Å². The maximum Gasteiger partial charge on any atom is 0.421 e. The van der Waals surface area contributed by atoms with Gasteiger partial charge in [-0.2, -0.15) is 18.2 Å². The Hall–Kier alpha value is -4.22. The molecular weight excluding hydrogens is 444 g/mol. The van der Waals surface area contributed by atoms with Crippen molar-refractivity contribution in [3.05, 3.63) is 66.3 Å². The zero-order chi connectivity index (χ0) is 24.2. The number of halogens is 4. The zero-order valence-electron chi connectivity index (χ0n) is 17.4. The van der Waals surface area contributed by atoms with Crippen LogP contribution < -0.4 is 20.7 Å². The minimum absolute atomic E-state index is 0.0245. The highest BCUT2D eigenvalue weighted by atomic mass is 19.4. The Bertz CT molecular complexity index is 1200. The Morgan fingerprint density at radius 3 is 2.52 bits per heavy atom. The molecule has 0 spiro atoms. The fourth-order valence-electron chi connectivity index (χ4n) is 2.66. The highest BCUT2D eigenvalue weighted by Gasteiger charge is 2.35. The van der Waals surface area contributed by atoms with Crippen LogP contribution >= 0.6 is 0 Å². The normalized spacial score (nSPS) is 11.0. The Labute approximate surface area is 185 Å². The number of rotatable bonds is 7. The molecule has 0 fully saturated rings. The largest absolute Gasteiger partial charge is 0.481 e.